The number of pyridine rings is 1. The summed E-state index contributed by atoms with van der Waals surface area (Å²) in [6.07, 6.45) is 5.28. The molecule has 6 heteroatoms. The standard InChI is InChI=1S/C18H13N5O/c19-18(24)13-5-3-12(4-6-13)15-7-8-17-21-11-16(23(17)22-15)14-2-1-9-20-10-14/h1-11H,(H2,19,24). The number of primary amides is 1. The van der Waals surface area contributed by atoms with Crippen LogP contribution in [0.4, 0.5) is 0 Å². The molecule has 1 amide bonds. The molecule has 0 radical (unpaired) electrons. The third-order valence-electron chi connectivity index (χ3n) is 3.78. The van der Waals surface area contributed by atoms with Gasteiger partial charge in [0.2, 0.25) is 5.91 Å². The number of carbonyl (C=O) groups excluding carboxylic acids is 1. The summed E-state index contributed by atoms with van der Waals surface area (Å²) in [5.41, 5.74) is 9.99. The maximum atomic E-state index is 11.2. The molecular weight excluding hydrogens is 302 g/mol. The van der Waals surface area contributed by atoms with Crippen LogP contribution >= 0.6 is 0 Å². The molecule has 4 aromatic rings. The monoisotopic (exact) mass is 315 g/mol. The van der Waals surface area contributed by atoms with E-state index in [1.54, 1.807) is 35.2 Å². The van der Waals surface area contributed by atoms with Gasteiger partial charge in [0.1, 0.15) is 0 Å². The molecule has 0 atom stereocenters. The van der Waals surface area contributed by atoms with Crippen molar-refractivity contribution in [1.82, 2.24) is 19.6 Å². The van der Waals surface area contributed by atoms with Crippen LogP contribution in [-0.4, -0.2) is 25.5 Å². The lowest BCUT2D eigenvalue weighted by atomic mass is 10.1. The van der Waals surface area contributed by atoms with E-state index in [1.807, 2.05) is 36.4 Å². The van der Waals surface area contributed by atoms with Crippen molar-refractivity contribution in [1.29, 1.82) is 0 Å². The van der Waals surface area contributed by atoms with Crippen molar-refractivity contribution >= 4 is 11.6 Å². The van der Waals surface area contributed by atoms with Gasteiger partial charge in [0, 0.05) is 29.1 Å². The third-order valence-corrected chi connectivity index (χ3v) is 3.78. The average molecular weight is 315 g/mol. The molecule has 0 bridgehead atoms. The lowest BCUT2D eigenvalue weighted by Crippen LogP contribution is -2.10. The van der Waals surface area contributed by atoms with Gasteiger partial charge in [-0.05, 0) is 36.4 Å². The van der Waals surface area contributed by atoms with E-state index in [9.17, 15) is 4.79 Å². The van der Waals surface area contributed by atoms with Gasteiger partial charge in [0.05, 0.1) is 17.6 Å². The summed E-state index contributed by atoms with van der Waals surface area (Å²) in [4.78, 5) is 19.7. The molecule has 6 nitrogen and oxygen atoms in total. The van der Waals surface area contributed by atoms with E-state index in [0.717, 1.165) is 28.2 Å². The number of benzene rings is 1. The normalized spacial score (nSPS) is 10.8. The first-order valence-corrected chi connectivity index (χ1v) is 7.38. The molecule has 3 heterocycles. The quantitative estimate of drug-likeness (QED) is 0.629. The Hall–Kier alpha value is -3.54. The molecule has 116 valence electrons. The second kappa shape index (κ2) is 5.58. The maximum absolute atomic E-state index is 11.2. The number of nitrogens with zero attached hydrogens (tertiary/aromatic N) is 4. The molecule has 0 aliphatic carbocycles. The Kier molecular flexibility index (Phi) is 3.28. The molecule has 0 unspecified atom stereocenters. The molecule has 0 saturated carbocycles. The summed E-state index contributed by atoms with van der Waals surface area (Å²) in [6.45, 7) is 0. The van der Waals surface area contributed by atoms with Crippen LogP contribution in [0.5, 0.6) is 0 Å². The first-order chi connectivity index (χ1) is 11.7. The molecule has 0 aliphatic rings. The predicted molar refractivity (Wildman–Crippen MR) is 90.2 cm³/mol. The summed E-state index contributed by atoms with van der Waals surface area (Å²) >= 11 is 0. The topological polar surface area (TPSA) is 86.2 Å². The molecule has 1 aromatic carbocycles. The maximum Gasteiger partial charge on any atom is 0.248 e. The average Bonchev–Trinajstić information content (AvgIpc) is 3.05. The van der Waals surface area contributed by atoms with Crippen molar-refractivity contribution in [2.45, 2.75) is 0 Å². The smallest absolute Gasteiger partial charge is 0.248 e. The zero-order valence-corrected chi connectivity index (χ0v) is 12.6. The summed E-state index contributed by atoms with van der Waals surface area (Å²) in [5.74, 6) is -0.446. The van der Waals surface area contributed by atoms with E-state index in [1.165, 1.54) is 0 Å². The van der Waals surface area contributed by atoms with Crippen molar-refractivity contribution < 1.29 is 4.79 Å². The van der Waals surface area contributed by atoms with Crippen LogP contribution in [0.1, 0.15) is 10.4 Å². The minimum Gasteiger partial charge on any atom is -0.366 e. The molecule has 0 fully saturated rings. The van der Waals surface area contributed by atoms with E-state index in [0.29, 0.717) is 5.56 Å². The summed E-state index contributed by atoms with van der Waals surface area (Å²) in [7, 11) is 0. The highest BCUT2D eigenvalue weighted by molar-refractivity contribution is 5.93. The van der Waals surface area contributed by atoms with Crippen LogP contribution in [-0.2, 0) is 0 Å². The van der Waals surface area contributed by atoms with Crippen LogP contribution in [0.15, 0.2) is 67.1 Å². The van der Waals surface area contributed by atoms with Crippen molar-refractivity contribution in [3.63, 3.8) is 0 Å². The second-order valence-electron chi connectivity index (χ2n) is 5.32. The van der Waals surface area contributed by atoms with Gasteiger partial charge in [-0.2, -0.15) is 5.10 Å². The van der Waals surface area contributed by atoms with E-state index >= 15 is 0 Å². The Balaban J connectivity index is 1.81. The first kappa shape index (κ1) is 14.1. The highest BCUT2D eigenvalue weighted by Gasteiger charge is 2.09. The number of nitrogens with two attached hydrogens (primary N) is 1. The van der Waals surface area contributed by atoms with E-state index in [2.05, 4.69) is 15.1 Å². The molecule has 0 spiro atoms. The molecule has 24 heavy (non-hydrogen) atoms. The Labute approximate surface area is 137 Å². The van der Waals surface area contributed by atoms with Crippen molar-refractivity contribution in [2.24, 2.45) is 5.73 Å². The van der Waals surface area contributed by atoms with Crippen LogP contribution < -0.4 is 5.73 Å². The third kappa shape index (κ3) is 2.40. The fraction of sp³-hybridized carbons (Fsp3) is 0. The van der Waals surface area contributed by atoms with Gasteiger partial charge in [-0.1, -0.05) is 12.1 Å². The van der Waals surface area contributed by atoms with Crippen molar-refractivity contribution in [2.75, 3.05) is 0 Å². The van der Waals surface area contributed by atoms with Gasteiger partial charge in [-0.15, -0.1) is 0 Å². The SMILES string of the molecule is NC(=O)c1ccc(-c2ccc3ncc(-c4cccnc4)n3n2)cc1. The first-order valence-electron chi connectivity index (χ1n) is 7.38. The Morgan fingerprint density at radius 3 is 2.50 bits per heavy atom. The largest absolute Gasteiger partial charge is 0.366 e. The second-order valence-corrected chi connectivity index (χ2v) is 5.32. The lowest BCUT2D eigenvalue weighted by molar-refractivity contribution is 0.100. The Bertz CT molecular complexity index is 1020. The van der Waals surface area contributed by atoms with Gasteiger partial charge in [-0.25, -0.2) is 9.50 Å². The minimum absolute atomic E-state index is 0.446. The number of hydrogen-bond donors (Lipinski definition) is 1. The molecule has 2 N–H and O–H groups in total. The van der Waals surface area contributed by atoms with E-state index in [4.69, 9.17) is 5.73 Å². The fourth-order valence-electron chi connectivity index (χ4n) is 2.54. The Morgan fingerprint density at radius 2 is 1.79 bits per heavy atom. The van der Waals surface area contributed by atoms with Gasteiger partial charge < -0.3 is 5.73 Å². The number of rotatable bonds is 3. The van der Waals surface area contributed by atoms with Gasteiger partial charge in [0.15, 0.2) is 5.65 Å². The zero-order valence-electron chi connectivity index (χ0n) is 12.6. The lowest BCUT2D eigenvalue weighted by Gasteiger charge is -2.05. The minimum atomic E-state index is -0.446. The number of carbonyl (C=O) groups is 1. The highest BCUT2D eigenvalue weighted by Crippen LogP contribution is 2.22. The van der Waals surface area contributed by atoms with Gasteiger partial charge in [-0.3, -0.25) is 9.78 Å². The number of aromatic nitrogens is 4. The van der Waals surface area contributed by atoms with Gasteiger partial charge >= 0.3 is 0 Å². The molecule has 0 saturated heterocycles. The summed E-state index contributed by atoms with van der Waals surface area (Å²) in [6, 6.07) is 14.7. The van der Waals surface area contributed by atoms with Gasteiger partial charge in [0.25, 0.3) is 0 Å². The van der Waals surface area contributed by atoms with Crippen molar-refractivity contribution in [3.8, 4) is 22.5 Å². The molecule has 0 aliphatic heterocycles. The van der Waals surface area contributed by atoms with E-state index in [-0.39, 0.29) is 0 Å². The zero-order chi connectivity index (χ0) is 16.5. The van der Waals surface area contributed by atoms with Crippen molar-refractivity contribution in [3.05, 3.63) is 72.7 Å². The highest BCUT2D eigenvalue weighted by atomic mass is 16.1. The molecule has 3 aromatic heterocycles. The fourth-order valence-corrected chi connectivity index (χ4v) is 2.54. The summed E-state index contributed by atoms with van der Waals surface area (Å²) < 4.78 is 1.79. The molecule has 4 rings (SSSR count). The summed E-state index contributed by atoms with van der Waals surface area (Å²) in [5, 5.41) is 4.67. The predicted octanol–water partition coefficient (Wildman–Crippen LogP) is 2.56. The Morgan fingerprint density at radius 1 is 0.958 bits per heavy atom. The van der Waals surface area contributed by atoms with Crippen LogP contribution in [0.3, 0.4) is 0 Å². The van der Waals surface area contributed by atoms with Crippen LogP contribution in [0, 0.1) is 0 Å². The number of fused-ring (bicyclic) bond motifs is 1. The number of imidazole rings is 1. The van der Waals surface area contributed by atoms with Crippen LogP contribution in [0.25, 0.3) is 28.2 Å². The number of hydrogen-bond acceptors (Lipinski definition) is 4. The van der Waals surface area contributed by atoms with Crippen LogP contribution in [0.2, 0.25) is 0 Å². The molecular formula is C18H13N5O. The van der Waals surface area contributed by atoms with E-state index < -0.39 is 5.91 Å². The number of amides is 1.